The fourth-order valence-electron chi connectivity index (χ4n) is 1.12. The van der Waals surface area contributed by atoms with E-state index in [1.807, 2.05) is 0 Å². The second kappa shape index (κ2) is 5.01. The van der Waals surface area contributed by atoms with Gasteiger partial charge in [-0.2, -0.15) is 0 Å². The fraction of sp³-hybridized carbons (Fsp3) is 0.273. The Morgan fingerprint density at radius 3 is 3.00 bits per heavy atom. The monoisotopic (exact) mass is 204 g/mol. The van der Waals surface area contributed by atoms with Gasteiger partial charge in [0, 0.05) is 25.4 Å². The normalized spacial score (nSPS) is 8.93. The summed E-state index contributed by atoms with van der Waals surface area (Å²) in [4.78, 5) is 22.5. The zero-order valence-electron chi connectivity index (χ0n) is 8.70. The molecule has 0 saturated carbocycles. The third kappa shape index (κ3) is 2.99. The minimum atomic E-state index is -0.372. The second-order valence-electron chi connectivity index (χ2n) is 3.01. The minimum Gasteiger partial charge on any atom is -0.341 e. The lowest BCUT2D eigenvalue weighted by Gasteiger charge is -2.02. The van der Waals surface area contributed by atoms with Crippen LogP contribution in [-0.4, -0.2) is 10.5 Å². The number of carbonyl (C=O) groups is 1. The van der Waals surface area contributed by atoms with Gasteiger partial charge >= 0.3 is 0 Å². The molecule has 1 amide bonds. The van der Waals surface area contributed by atoms with Crippen LogP contribution in [0.3, 0.4) is 0 Å². The Balaban J connectivity index is 2.73. The first-order valence-electron chi connectivity index (χ1n) is 4.50. The maximum absolute atomic E-state index is 11.5. The van der Waals surface area contributed by atoms with Gasteiger partial charge in [-0.3, -0.25) is 9.59 Å². The van der Waals surface area contributed by atoms with E-state index in [1.165, 1.54) is 4.57 Å². The molecule has 4 heteroatoms. The summed E-state index contributed by atoms with van der Waals surface area (Å²) in [5.74, 6) is 4.45. The second-order valence-corrected chi connectivity index (χ2v) is 3.01. The topological polar surface area (TPSA) is 51.1 Å². The van der Waals surface area contributed by atoms with Gasteiger partial charge in [-0.1, -0.05) is 12.0 Å². The van der Waals surface area contributed by atoms with Gasteiger partial charge < -0.3 is 9.88 Å². The third-order valence-corrected chi connectivity index (χ3v) is 1.88. The van der Waals surface area contributed by atoms with Crippen LogP contribution in [0.5, 0.6) is 0 Å². The zero-order valence-corrected chi connectivity index (χ0v) is 8.70. The molecule has 0 saturated heterocycles. The Labute approximate surface area is 87.9 Å². The maximum Gasteiger partial charge on any atom is 0.296 e. The number of aromatic nitrogens is 1. The van der Waals surface area contributed by atoms with Crippen molar-refractivity contribution in [1.82, 2.24) is 9.88 Å². The summed E-state index contributed by atoms with van der Waals surface area (Å²) in [7, 11) is 1.67. The van der Waals surface area contributed by atoms with E-state index in [2.05, 4.69) is 17.2 Å². The lowest BCUT2D eigenvalue weighted by atomic mass is 10.3. The van der Waals surface area contributed by atoms with Gasteiger partial charge in [0.2, 0.25) is 0 Å². The van der Waals surface area contributed by atoms with Crippen molar-refractivity contribution in [3.63, 3.8) is 0 Å². The number of nitrogens with zero attached hydrogens (tertiary/aromatic N) is 1. The molecule has 0 bridgehead atoms. The van der Waals surface area contributed by atoms with Crippen molar-refractivity contribution >= 4 is 5.91 Å². The van der Waals surface area contributed by atoms with Crippen molar-refractivity contribution in [3.8, 4) is 11.8 Å². The van der Waals surface area contributed by atoms with Gasteiger partial charge in [-0.15, -0.1) is 0 Å². The summed E-state index contributed by atoms with van der Waals surface area (Å²) < 4.78 is 1.47. The molecule has 1 N–H and O–H groups in total. The molecule has 0 atom stereocenters. The molecule has 0 aromatic carbocycles. The summed E-state index contributed by atoms with van der Waals surface area (Å²) in [6, 6.07) is 3.44. The number of hydrogen-bond acceptors (Lipinski definition) is 2. The quantitative estimate of drug-likeness (QED) is 0.691. The van der Waals surface area contributed by atoms with Gasteiger partial charge in [0.25, 0.3) is 11.5 Å². The lowest BCUT2D eigenvalue weighted by Crippen LogP contribution is -2.27. The fourth-order valence-corrected chi connectivity index (χ4v) is 1.12. The van der Waals surface area contributed by atoms with E-state index < -0.39 is 0 Å². The van der Waals surface area contributed by atoms with Crippen LogP contribution in [0.25, 0.3) is 0 Å². The van der Waals surface area contributed by atoms with Crippen molar-refractivity contribution in [2.24, 2.45) is 7.05 Å². The van der Waals surface area contributed by atoms with E-state index in [0.29, 0.717) is 5.56 Å². The van der Waals surface area contributed by atoms with Crippen LogP contribution >= 0.6 is 0 Å². The summed E-state index contributed by atoms with van der Waals surface area (Å²) >= 11 is 0. The smallest absolute Gasteiger partial charge is 0.296 e. The largest absolute Gasteiger partial charge is 0.341 e. The number of pyridine rings is 1. The predicted octanol–water partition coefficient (Wildman–Crippen LogP) is 0.0248. The number of aryl methyl sites for hydroxylation is 1. The first kappa shape index (κ1) is 11.1. The van der Waals surface area contributed by atoms with Crippen molar-refractivity contribution in [1.29, 1.82) is 0 Å². The molecule has 0 aliphatic carbocycles. The maximum atomic E-state index is 11.5. The van der Waals surface area contributed by atoms with E-state index in [9.17, 15) is 9.59 Å². The minimum absolute atomic E-state index is 0.109. The third-order valence-electron chi connectivity index (χ3n) is 1.88. The van der Waals surface area contributed by atoms with Crippen LogP contribution in [0.2, 0.25) is 0 Å². The molecule has 78 valence electrons. The van der Waals surface area contributed by atoms with E-state index in [-0.39, 0.29) is 18.0 Å². The van der Waals surface area contributed by atoms with Crippen molar-refractivity contribution in [3.05, 3.63) is 34.2 Å². The Kier molecular flexibility index (Phi) is 3.69. The molecular formula is C11H12N2O2. The average Bonchev–Trinajstić information content (AvgIpc) is 2.21. The van der Waals surface area contributed by atoms with Crippen LogP contribution in [0.1, 0.15) is 12.5 Å². The van der Waals surface area contributed by atoms with E-state index in [1.54, 1.807) is 32.3 Å². The van der Waals surface area contributed by atoms with Crippen molar-refractivity contribution < 1.29 is 4.79 Å². The molecule has 0 fully saturated rings. The Hall–Kier alpha value is -2.02. The van der Waals surface area contributed by atoms with Crippen LogP contribution < -0.4 is 10.9 Å². The molecule has 15 heavy (non-hydrogen) atoms. The number of rotatable bonds is 2. The summed E-state index contributed by atoms with van der Waals surface area (Å²) in [6.45, 7) is 1.79. The molecule has 0 aliphatic heterocycles. The number of amides is 1. The molecule has 1 rings (SSSR count). The predicted molar refractivity (Wildman–Crippen MR) is 57.0 cm³/mol. The summed E-state index contributed by atoms with van der Waals surface area (Å²) in [5.41, 5.74) is 0.438. The van der Waals surface area contributed by atoms with Crippen LogP contribution in [0, 0.1) is 11.8 Å². The van der Waals surface area contributed by atoms with E-state index in [4.69, 9.17) is 0 Å². The highest BCUT2D eigenvalue weighted by atomic mass is 16.1. The Morgan fingerprint density at radius 2 is 2.33 bits per heavy atom. The van der Waals surface area contributed by atoms with Crippen LogP contribution in [0.4, 0.5) is 0 Å². The number of nitrogens with one attached hydrogen (secondary N) is 1. The molecule has 0 radical (unpaired) electrons. The molecule has 1 aromatic rings. The highest BCUT2D eigenvalue weighted by Crippen LogP contribution is 1.89. The Bertz CT molecular complexity index is 477. The molecule has 0 unspecified atom stereocenters. The number of carbonyl (C=O) groups excluding carboxylic acids is 1. The van der Waals surface area contributed by atoms with Crippen molar-refractivity contribution in [2.45, 2.75) is 13.5 Å². The molecular weight excluding hydrogens is 192 g/mol. The lowest BCUT2D eigenvalue weighted by molar-refractivity contribution is -0.115. The standard InChI is InChI=1S/C11H12N2O2/c1-3-5-10(14)12-8-9-6-4-7-13(2)11(9)15/h4,6-7H,8H2,1-2H3,(H,12,14). The van der Waals surface area contributed by atoms with E-state index in [0.717, 1.165) is 0 Å². The Morgan fingerprint density at radius 1 is 1.60 bits per heavy atom. The van der Waals surface area contributed by atoms with E-state index >= 15 is 0 Å². The molecule has 1 aromatic heterocycles. The summed E-state index contributed by atoms with van der Waals surface area (Å²) in [5, 5.41) is 2.54. The first-order valence-corrected chi connectivity index (χ1v) is 4.50. The van der Waals surface area contributed by atoms with Crippen LogP contribution in [0.15, 0.2) is 23.1 Å². The van der Waals surface area contributed by atoms with Crippen molar-refractivity contribution in [2.75, 3.05) is 0 Å². The SMILES string of the molecule is CC#CC(=O)NCc1cccn(C)c1=O. The zero-order chi connectivity index (χ0) is 11.3. The highest BCUT2D eigenvalue weighted by molar-refractivity contribution is 5.93. The highest BCUT2D eigenvalue weighted by Gasteiger charge is 2.01. The molecule has 1 heterocycles. The average molecular weight is 204 g/mol. The van der Waals surface area contributed by atoms with Gasteiger partial charge in [0.15, 0.2) is 0 Å². The van der Waals surface area contributed by atoms with Gasteiger partial charge in [-0.25, -0.2) is 0 Å². The van der Waals surface area contributed by atoms with Gasteiger partial charge in [-0.05, 0) is 18.9 Å². The molecule has 0 spiro atoms. The molecule has 4 nitrogen and oxygen atoms in total. The summed E-state index contributed by atoms with van der Waals surface area (Å²) in [6.07, 6.45) is 1.67. The van der Waals surface area contributed by atoms with Gasteiger partial charge in [0.1, 0.15) is 0 Å². The van der Waals surface area contributed by atoms with Crippen LogP contribution in [-0.2, 0) is 18.4 Å². The van der Waals surface area contributed by atoms with Gasteiger partial charge in [0.05, 0.1) is 0 Å². The first-order chi connectivity index (χ1) is 7.15. The number of hydrogen-bond donors (Lipinski definition) is 1. The molecule has 0 aliphatic rings.